The second-order valence-corrected chi connectivity index (χ2v) is 5.12. The van der Waals surface area contributed by atoms with Gasteiger partial charge in [0.2, 0.25) is 0 Å². The van der Waals surface area contributed by atoms with Gasteiger partial charge in [0.25, 0.3) is 0 Å². The standard InChI is InChI=1S/C11H25ClN2O2/c1-10(2,4-6-12)15-8-9-16-11(3,14)5-7-13/h4-9,13-14H2,1-3H3. The maximum Gasteiger partial charge on any atom is 0.115 e. The van der Waals surface area contributed by atoms with Crippen molar-refractivity contribution >= 4 is 11.6 Å². The minimum Gasteiger partial charge on any atom is -0.373 e. The van der Waals surface area contributed by atoms with Gasteiger partial charge in [-0.3, -0.25) is 0 Å². The largest absolute Gasteiger partial charge is 0.373 e. The Bertz CT molecular complexity index is 167. The van der Waals surface area contributed by atoms with Crippen LogP contribution in [0.25, 0.3) is 0 Å². The van der Waals surface area contributed by atoms with Crippen molar-refractivity contribution in [2.75, 3.05) is 25.6 Å². The summed E-state index contributed by atoms with van der Waals surface area (Å²) in [5.74, 6) is 0.593. The molecular weight excluding hydrogens is 228 g/mol. The molecule has 5 heteroatoms. The molecule has 0 saturated heterocycles. The Kier molecular flexibility index (Phi) is 7.52. The zero-order valence-electron chi connectivity index (χ0n) is 10.6. The second kappa shape index (κ2) is 7.45. The molecule has 0 spiro atoms. The van der Waals surface area contributed by atoms with Gasteiger partial charge in [0, 0.05) is 12.3 Å². The van der Waals surface area contributed by atoms with Crippen molar-refractivity contribution in [2.45, 2.75) is 44.9 Å². The van der Waals surface area contributed by atoms with Crippen molar-refractivity contribution in [2.24, 2.45) is 11.5 Å². The average Bonchev–Trinajstić information content (AvgIpc) is 2.12. The summed E-state index contributed by atoms with van der Waals surface area (Å²) in [6.07, 6.45) is 1.45. The maximum absolute atomic E-state index is 5.86. The Morgan fingerprint density at radius 3 is 2.12 bits per heavy atom. The summed E-state index contributed by atoms with van der Waals surface area (Å²) in [6, 6.07) is 0. The van der Waals surface area contributed by atoms with Crippen molar-refractivity contribution in [3.63, 3.8) is 0 Å². The fourth-order valence-corrected chi connectivity index (χ4v) is 1.71. The van der Waals surface area contributed by atoms with Crippen molar-refractivity contribution in [1.82, 2.24) is 0 Å². The molecule has 1 unspecified atom stereocenters. The topological polar surface area (TPSA) is 70.5 Å². The van der Waals surface area contributed by atoms with E-state index in [1.165, 1.54) is 0 Å². The van der Waals surface area contributed by atoms with Crippen LogP contribution in [0, 0.1) is 0 Å². The van der Waals surface area contributed by atoms with E-state index < -0.39 is 5.72 Å². The quantitative estimate of drug-likeness (QED) is 0.370. The summed E-state index contributed by atoms with van der Waals surface area (Å²) in [5.41, 5.74) is 10.4. The zero-order chi connectivity index (χ0) is 12.7. The third-order valence-electron chi connectivity index (χ3n) is 2.35. The van der Waals surface area contributed by atoms with E-state index in [-0.39, 0.29) is 5.60 Å². The lowest BCUT2D eigenvalue weighted by Gasteiger charge is -2.27. The third-order valence-corrected chi connectivity index (χ3v) is 2.53. The first-order chi connectivity index (χ1) is 7.33. The van der Waals surface area contributed by atoms with Crippen LogP contribution in [-0.4, -0.2) is 37.0 Å². The normalized spacial score (nSPS) is 16.1. The average molecular weight is 253 g/mol. The predicted molar refractivity (Wildman–Crippen MR) is 67.6 cm³/mol. The molecule has 16 heavy (non-hydrogen) atoms. The number of halogens is 1. The van der Waals surface area contributed by atoms with Gasteiger partial charge < -0.3 is 20.9 Å². The molecule has 0 heterocycles. The highest BCUT2D eigenvalue weighted by Crippen LogP contribution is 2.15. The highest BCUT2D eigenvalue weighted by atomic mass is 35.5. The third kappa shape index (κ3) is 8.30. The first-order valence-corrected chi connectivity index (χ1v) is 6.19. The zero-order valence-corrected chi connectivity index (χ0v) is 11.3. The Morgan fingerprint density at radius 2 is 1.62 bits per heavy atom. The number of hydrogen-bond acceptors (Lipinski definition) is 4. The minimum atomic E-state index is -0.658. The van der Waals surface area contributed by atoms with Crippen molar-refractivity contribution in [1.29, 1.82) is 0 Å². The van der Waals surface area contributed by atoms with Crippen LogP contribution in [0.15, 0.2) is 0 Å². The molecule has 4 N–H and O–H groups in total. The van der Waals surface area contributed by atoms with E-state index in [0.717, 1.165) is 6.42 Å². The molecule has 0 amide bonds. The van der Waals surface area contributed by atoms with Crippen LogP contribution in [0.4, 0.5) is 0 Å². The maximum atomic E-state index is 5.86. The number of hydrogen-bond donors (Lipinski definition) is 2. The van der Waals surface area contributed by atoms with Gasteiger partial charge in [-0.25, -0.2) is 0 Å². The summed E-state index contributed by atoms with van der Waals surface area (Å²) < 4.78 is 11.1. The van der Waals surface area contributed by atoms with Crippen molar-refractivity contribution in [3.8, 4) is 0 Å². The van der Waals surface area contributed by atoms with Crippen LogP contribution in [0.2, 0.25) is 0 Å². The molecule has 0 aliphatic rings. The van der Waals surface area contributed by atoms with E-state index in [2.05, 4.69) is 0 Å². The Morgan fingerprint density at radius 1 is 1.06 bits per heavy atom. The minimum absolute atomic E-state index is 0.204. The molecule has 0 rings (SSSR count). The molecule has 0 saturated carbocycles. The number of rotatable bonds is 9. The molecule has 0 aromatic heterocycles. The number of alkyl halides is 1. The van der Waals surface area contributed by atoms with Crippen LogP contribution < -0.4 is 11.5 Å². The summed E-state index contributed by atoms with van der Waals surface area (Å²) in [6.45, 7) is 7.35. The van der Waals surface area contributed by atoms with Crippen LogP contribution in [-0.2, 0) is 9.47 Å². The first kappa shape index (κ1) is 16.1. The molecule has 0 aliphatic carbocycles. The Hall–Kier alpha value is 0.130. The predicted octanol–water partition coefficient (Wildman–Crippen LogP) is 1.45. The van der Waals surface area contributed by atoms with Gasteiger partial charge in [-0.15, -0.1) is 11.6 Å². The van der Waals surface area contributed by atoms with E-state index in [0.29, 0.717) is 32.1 Å². The van der Waals surface area contributed by atoms with Gasteiger partial charge >= 0.3 is 0 Å². The van der Waals surface area contributed by atoms with E-state index in [4.69, 9.17) is 32.5 Å². The molecule has 0 radical (unpaired) electrons. The molecule has 4 nitrogen and oxygen atoms in total. The van der Waals surface area contributed by atoms with Crippen LogP contribution in [0.1, 0.15) is 33.6 Å². The van der Waals surface area contributed by atoms with Gasteiger partial charge in [0.15, 0.2) is 0 Å². The van der Waals surface area contributed by atoms with Gasteiger partial charge in [-0.2, -0.15) is 0 Å². The lowest BCUT2D eigenvalue weighted by atomic mass is 10.1. The van der Waals surface area contributed by atoms with E-state index in [1.807, 2.05) is 20.8 Å². The summed E-state index contributed by atoms with van der Waals surface area (Å²) in [4.78, 5) is 0. The lowest BCUT2D eigenvalue weighted by Crippen LogP contribution is -2.42. The van der Waals surface area contributed by atoms with E-state index in [1.54, 1.807) is 0 Å². The summed E-state index contributed by atoms with van der Waals surface area (Å²) in [7, 11) is 0. The lowest BCUT2D eigenvalue weighted by molar-refractivity contribution is -0.0906. The molecule has 98 valence electrons. The molecule has 0 aromatic rings. The van der Waals surface area contributed by atoms with Crippen LogP contribution >= 0.6 is 11.6 Å². The van der Waals surface area contributed by atoms with Crippen LogP contribution in [0.5, 0.6) is 0 Å². The Labute approximate surface area is 104 Å². The molecule has 0 fully saturated rings. The summed E-state index contributed by atoms with van der Waals surface area (Å²) >= 11 is 5.67. The molecule has 1 atom stereocenters. The van der Waals surface area contributed by atoms with Gasteiger partial charge in [-0.1, -0.05) is 0 Å². The number of ether oxygens (including phenoxy) is 2. The highest BCUT2D eigenvalue weighted by molar-refractivity contribution is 6.17. The fraction of sp³-hybridized carbons (Fsp3) is 1.00. The van der Waals surface area contributed by atoms with Crippen molar-refractivity contribution in [3.05, 3.63) is 0 Å². The smallest absolute Gasteiger partial charge is 0.115 e. The monoisotopic (exact) mass is 252 g/mol. The molecule has 0 bridgehead atoms. The van der Waals surface area contributed by atoms with E-state index in [9.17, 15) is 0 Å². The van der Waals surface area contributed by atoms with Gasteiger partial charge in [0.1, 0.15) is 5.72 Å². The Balaban J connectivity index is 3.67. The van der Waals surface area contributed by atoms with Gasteiger partial charge in [-0.05, 0) is 33.7 Å². The molecular formula is C11H25ClN2O2. The SMILES string of the molecule is CC(C)(CCCl)OCCOC(C)(N)CCN. The van der Waals surface area contributed by atoms with Gasteiger partial charge in [0.05, 0.1) is 18.8 Å². The summed E-state index contributed by atoms with van der Waals surface area (Å²) in [5, 5.41) is 0. The fourth-order valence-electron chi connectivity index (χ4n) is 1.25. The molecule has 0 aromatic carbocycles. The second-order valence-electron chi connectivity index (χ2n) is 4.75. The van der Waals surface area contributed by atoms with E-state index >= 15 is 0 Å². The molecule has 0 aliphatic heterocycles. The van der Waals surface area contributed by atoms with Crippen LogP contribution in [0.3, 0.4) is 0 Å². The first-order valence-electron chi connectivity index (χ1n) is 5.66. The number of nitrogens with two attached hydrogens (primary N) is 2. The van der Waals surface area contributed by atoms with Crippen molar-refractivity contribution < 1.29 is 9.47 Å². The highest BCUT2D eigenvalue weighted by Gasteiger charge is 2.20.